The maximum absolute atomic E-state index is 12.4. The molecule has 8 nitrogen and oxygen atoms in total. The monoisotopic (exact) mass is 334 g/mol. The average Bonchev–Trinajstić information content (AvgIpc) is 2.59. The van der Waals surface area contributed by atoms with Gasteiger partial charge < -0.3 is 14.4 Å². The van der Waals surface area contributed by atoms with Gasteiger partial charge in [0.15, 0.2) is 5.41 Å². The molecular weight excluding hydrogens is 316 g/mol. The Bertz CT molecular complexity index is 714. The third-order valence-electron chi connectivity index (χ3n) is 4.76. The number of nitro groups is 1. The molecule has 2 aliphatic rings. The van der Waals surface area contributed by atoms with Crippen LogP contribution in [-0.4, -0.2) is 44.2 Å². The quantitative estimate of drug-likeness (QED) is 0.355. The summed E-state index contributed by atoms with van der Waals surface area (Å²) in [6.45, 7) is 0.831. The van der Waals surface area contributed by atoms with Crippen LogP contribution in [0, 0.1) is 15.5 Å². The SMILES string of the molecule is COC(=O)C1(C(=O)OC)Cc2cc([N+](=O)[O-])cc3c2N(CCC3)C1. The Balaban J connectivity index is 2.17. The Morgan fingerprint density at radius 1 is 1.21 bits per heavy atom. The number of aryl methyl sites for hydroxylation is 1. The highest BCUT2D eigenvalue weighted by Gasteiger charge is 2.53. The van der Waals surface area contributed by atoms with Crippen molar-refractivity contribution in [1.29, 1.82) is 0 Å². The Morgan fingerprint density at radius 2 is 1.83 bits per heavy atom. The van der Waals surface area contributed by atoms with E-state index in [0.717, 1.165) is 24.1 Å². The van der Waals surface area contributed by atoms with E-state index in [1.165, 1.54) is 20.3 Å². The molecule has 3 rings (SSSR count). The summed E-state index contributed by atoms with van der Waals surface area (Å²) in [7, 11) is 2.44. The van der Waals surface area contributed by atoms with Gasteiger partial charge in [0.1, 0.15) is 0 Å². The zero-order valence-corrected chi connectivity index (χ0v) is 13.5. The van der Waals surface area contributed by atoms with Crippen LogP contribution in [0.5, 0.6) is 0 Å². The van der Waals surface area contributed by atoms with E-state index in [-0.39, 0.29) is 18.7 Å². The number of nitro benzene ring substituents is 1. The smallest absolute Gasteiger partial charge is 0.325 e. The molecular formula is C16H18N2O6. The Hall–Kier alpha value is -2.64. The number of hydrogen-bond donors (Lipinski definition) is 0. The summed E-state index contributed by atoms with van der Waals surface area (Å²) < 4.78 is 9.70. The number of hydrogen-bond acceptors (Lipinski definition) is 7. The van der Waals surface area contributed by atoms with E-state index in [0.29, 0.717) is 12.1 Å². The first-order chi connectivity index (χ1) is 11.4. The van der Waals surface area contributed by atoms with Crippen LogP contribution in [0.2, 0.25) is 0 Å². The van der Waals surface area contributed by atoms with Crippen LogP contribution in [0.4, 0.5) is 11.4 Å². The van der Waals surface area contributed by atoms with Crippen molar-refractivity contribution in [2.24, 2.45) is 5.41 Å². The highest BCUT2D eigenvalue weighted by molar-refractivity contribution is 6.02. The molecule has 8 heteroatoms. The standard InChI is InChI=1S/C16H18N2O6/c1-23-14(19)16(15(20)24-2)8-11-7-12(18(21)22)6-10-4-3-5-17(9-16)13(10)11/h6-7H,3-5,8-9H2,1-2H3. The molecule has 1 aromatic carbocycles. The molecule has 128 valence electrons. The van der Waals surface area contributed by atoms with Crippen LogP contribution < -0.4 is 4.90 Å². The zero-order valence-electron chi connectivity index (χ0n) is 13.5. The minimum Gasteiger partial charge on any atom is -0.468 e. The van der Waals surface area contributed by atoms with E-state index >= 15 is 0 Å². The lowest BCUT2D eigenvalue weighted by atomic mass is 9.75. The van der Waals surface area contributed by atoms with Gasteiger partial charge in [-0.2, -0.15) is 0 Å². The van der Waals surface area contributed by atoms with E-state index in [4.69, 9.17) is 9.47 Å². The van der Waals surface area contributed by atoms with Crippen LogP contribution in [0.1, 0.15) is 17.5 Å². The van der Waals surface area contributed by atoms with Gasteiger partial charge in [-0.05, 0) is 24.0 Å². The normalized spacial score (nSPS) is 17.7. The van der Waals surface area contributed by atoms with E-state index in [2.05, 4.69) is 0 Å². The summed E-state index contributed by atoms with van der Waals surface area (Å²) >= 11 is 0. The summed E-state index contributed by atoms with van der Waals surface area (Å²) in [5.74, 6) is -1.36. The van der Waals surface area contributed by atoms with Gasteiger partial charge in [0.2, 0.25) is 0 Å². The number of rotatable bonds is 3. The minimum absolute atomic E-state index is 0.0314. The van der Waals surface area contributed by atoms with Crippen molar-refractivity contribution in [3.63, 3.8) is 0 Å². The lowest BCUT2D eigenvalue weighted by Gasteiger charge is -2.43. The van der Waals surface area contributed by atoms with E-state index < -0.39 is 22.3 Å². The second-order valence-corrected chi connectivity index (χ2v) is 6.14. The number of carbonyl (C=O) groups excluding carboxylic acids is 2. The maximum atomic E-state index is 12.4. The highest BCUT2D eigenvalue weighted by atomic mass is 16.6. The van der Waals surface area contributed by atoms with Crippen molar-refractivity contribution >= 4 is 23.3 Å². The summed E-state index contributed by atoms with van der Waals surface area (Å²) in [6.07, 6.45) is 1.57. The number of methoxy groups -OCH3 is 2. The molecule has 0 unspecified atom stereocenters. The van der Waals surface area contributed by atoms with Crippen molar-refractivity contribution in [2.75, 3.05) is 32.2 Å². The van der Waals surface area contributed by atoms with Gasteiger partial charge in [-0.1, -0.05) is 0 Å². The van der Waals surface area contributed by atoms with Crippen LogP contribution in [0.25, 0.3) is 0 Å². The second-order valence-electron chi connectivity index (χ2n) is 6.14. The number of carbonyl (C=O) groups is 2. The number of benzene rings is 1. The molecule has 0 amide bonds. The second kappa shape index (κ2) is 5.77. The third-order valence-corrected chi connectivity index (χ3v) is 4.76. The van der Waals surface area contributed by atoms with Gasteiger partial charge in [-0.15, -0.1) is 0 Å². The minimum atomic E-state index is -1.50. The predicted octanol–water partition coefficient (Wildman–Crippen LogP) is 1.24. The van der Waals surface area contributed by atoms with Gasteiger partial charge in [-0.3, -0.25) is 19.7 Å². The first-order valence-electron chi connectivity index (χ1n) is 7.65. The molecule has 1 aromatic rings. The first kappa shape index (κ1) is 16.2. The number of non-ortho nitro benzene ring substituents is 1. The fourth-order valence-electron chi connectivity index (χ4n) is 3.76. The van der Waals surface area contributed by atoms with E-state index in [1.54, 1.807) is 6.07 Å². The van der Waals surface area contributed by atoms with Crippen molar-refractivity contribution in [3.8, 4) is 0 Å². The Kier molecular flexibility index (Phi) is 3.90. The van der Waals surface area contributed by atoms with Crippen LogP contribution in [0.15, 0.2) is 12.1 Å². The highest BCUT2D eigenvalue weighted by Crippen LogP contribution is 2.44. The number of anilines is 1. The lowest BCUT2D eigenvalue weighted by molar-refractivity contribution is -0.385. The molecule has 0 radical (unpaired) electrons. The van der Waals surface area contributed by atoms with Crippen molar-refractivity contribution in [2.45, 2.75) is 19.3 Å². The fourth-order valence-corrected chi connectivity index (χ4v) is 3.76. The summed E-state index contributed by atoms with van der Waals surface area (Å²) in [5.41, 5.74) is 0.863. The van der Waals surface area contributed by atoms with Gasteiger partial charge in [-0.25, -0.2) is 0 Å². The van der Waals surface area contributed by atoms with Gasteiger partial charge >= 0.3 is 11.9 Å². The topological polar surface area (TPSA) is 99.0 Å². The molecule has 0 atom stereocenters. The van der Waals surface area contributed by atoms with Gasteiger partial charge in [0.05, 0.1) is 19.1 Å². The molecule has 0 fully saturated rings. The van der Waals surface area contributed by atoms with Crippen molar-refractivity contribution in [3.05, 3.63) is 33.4 Å². The molecule has 0 aromatic heterocycles. The van der Waals surface area contributed by atoms with Crippen LogP contribution in [0.3, 0.4) is 0 Å². The Labute approximate surface area is 138 Å². The number of esters is 2. The summed E-state index contributed by atoms with van der Waals surface area (Å²) in [5, 5.41) is 11.2. The molecule has 2 aliphatic heterocycles. The largest absolute Gasteiger partial charge is 0.468 e. The van der Waals surface area contributed by atoms with E-state index in [1.807, 2.05) is 4.90 Å². The van der Waals surface area contributed by atoms with Gasteiger partial charge in [0, 0.05) is 37.3 Å². The fraction of sp³-hybridized carbons (Fsp3) is 0.500. The average molecular weight is 334 g/mol. The Morgan fingerprint density at radius 3 is 2.42 bits per heavy atom. The number of nitrogens with zero attached hydrogens (tertiary/aromatic N) is 2. The van der Waals surface area contributed by atoms with Crippen molar-refractivity contribution in [1.82, 2.24) is 0 Å². The van der Waals surface area contributed by atoms with Crippen LogP contribution >= 0.6 is 0 Å². The third kappa shape index (κ3) is 2.29. The van der Waals surface area contributed by atoms with Crippen LogP contribution in [-0.2, 0) is 31.9 Å². The molecule has 0 spiro atoms. The zero-order chi connectivity index (χ0) is 17.5. The molecule has 0 saturated heterocycles. The molecule has 0 aliphatic carbocycles. The maximum Gasteiger partial charge on any atom is 0.325 e. The lowest BCUT2D eigenvalue weighted by Crippen LogP contribution is -2.55. The summed E-state index contributed by atoms with van der Waals surface area (Å²) in [4.78, 5) is 37.5. The number of ether oxygens (including phenoxy) is 2. The first-order valence-corrected chi connectivity index (χ1v) is 7.65. The molecule has 0 saturated carbocycles. The molecule has 2 heterocycles. The van der Waals surface area contributed by atoms with E-state index in [9.17, 15) is 19.7 Å². The van der Waals surface area contributed by atoms with Gasteiger partial charge in [0.25, 0.3) is 5.69 Å². The molecule has 0 N–H and O–H groups in total. The molecule has 0 bridgehead atoms. The molecule has 24 heavy (non-hydrogen) atoms. The summed E-state index contributed by atoms with van der Waals surface area (Å²) in [6, 6.07) is 3.02. The van der Waals surface area contributed by atoms with Crippen molar-refractivity contribution < 1.29 is 24.0 Å². The predicted molar refractivity (Wildman–Crippen MR) is 83.8 cm³/mol.